The summed E-state index contributed by atoms with van der Waals surface area (Å²) in [4.78, 5) is 38.3. The molecule has 1 atom stereocenters. The lowest BCUT2D eigenvalue weighted by Gasteiger charge is -2.37. The first-order chi connectivity index (χ1) is 12.9. The van der Waals surface area contributed by atoms with Crippen molar-refractivity contribution in [3.05, 3.63) is 33.9 Å². The fourth-order valence-corrected chi connectivity index (χ4v) is 3.71. The Labute approximate surface area is 153 Å². The zero-order valence-corrected chi connectivity index (χ0v) is 14.6. The third kappa shape index (κ3) is 2.61. The number of halogens is 1. The lowest BCUT2D eigenvalue weighted by atomic mass is 10.1. The van der Waals surface area contributed by atoms with E-state index in [1.165, 1.54) is 6.20 Å². The average Bonchev–Trinajstić information content (AvgIpc) is 2.66. The summed E-state index contributed by atoms with van der Waals surface area (Å²) >= 11 is 0. The monoisotopic (exact) mass is 375 g/mol. The molecule has 0 radical (unpaired) electrons. The standard InChI is InChI=1S/C18H18FN3O5/c1-10-8-27-17-14-11(16(24)12(18(25)26)7-22(10)14)6-13(19)15(17)21-4-2-20(9-23)3-5-21/h6-7,9-10H,2-5,8H2,1H3,(H,25,26). The van der Waals surface area contributed by atoms with Gasteiger partial charge in [0.1, 0.15) is 17.9 Å². The molecule has 2 aliphatic heterocycles. The molecule has 9 heteroatoms. The van der Waals surface area contributed by atoms with Crippen LogP contribution in [0, 0.1) is 5.82 Å². The first kappa shape index (κ1) is 17.3. The van der Waals surface area contributed by atoms with Crippen molar-refractivity contribution in [2.75, 3.05) is 37.7 Å². The largest absolute Gasteiger partial charge is 0.487 e. The topological polar surface area (TPSA) is 92.1 Å². The SMILES string of the molecule is CC1COc2c(N3CCN(C=O)CC3)c(F)cc3c(=O)c(C(=O)O)cn1c23. The summed E-state index contributed by atoms with van der Waals surface area (Å²) in [5.74, 6) is -1.74. The smallest absolute Gasteiger partial charge is 0.341 e. The maximum Gasteiger partial charge on any atom is 0.341 e. The Morgan fingerprint density at radius 1 is 1.33 bits per heavy atom. The van der Waals surface area contributed by atoms with Gasteiger partial charge in [-0.3, -0.25) is 9.59 Å². The molecule has 1 N–H and O–H groups in total. The van der Waals surface area contributed by atoms with Crippen molar-refractivity contribution in [1.82, 2.24) is 9.47 Å². The molecule has 3 heterocycles. The number of amides is 1. The van der Waals surface area contributed by atoms with Crippen molar-refractivity contribution >= 4 is 29.0 Å². The lowest BCUT2D eigenvalue weighted by Crippen LogP contribution is -2.46. The van der Waals surface area contributed by atoms with Gasteiger partial charge in [-0.15, -0.1) is 0 Å². The number of anilines is 1. The van der Waals surface area contributed by atoms with Gasteiger partial charge in [-0.25, -0.2) is 9.18 Å². The van der Waals surface area contributed by atoms with Crippen molar-refractivity contribution < 1.29 is 23.8 Å². The highest BCUT2D eigenvalue weighted by molar-refractivity contribution is 5.97. The number of piperazine rings is 1. The van der Waals surface area contributed by atoms with E-state index in [-0.39, 0.29) is 29.5 Å². The van der Waals surface area contributed by atoms with Crippen LogP contribution in [0.5, 0.6) is 5.75 Å². The molecular weight excluding hydrogens is 357 g/mol. The van der Waals surface area contributed by atoms with Crippen LogP contribution in [0.15, 0.2) is 17.1 Å². The van der Waals surface area contributed by atoms with E-state index >= 15 is 0 Å². The Kier molecular flexibility index (Phi) is 4.01. The second-order valence-electron chi connectivity index (χ2n) is 6.81. The minimum Gasteiger partial charge on any atom is -0.487 e. The van der Waals surface area contributed by atoms with Gasteiger partial charge >= 0.3 is 5.97 Å². The number of aromatic nitrogens is 1. The predicted octanol–water partition coefficient (Wildman–Crippen LogP) is 1.07. The van der Waals surface area contributed by atoms with E-state index in [1.807, 2.05) is 6.92 Å². The van der Waals surface area contributed by atoms with Gasteiger partial charge in [0, 0.05) is 32.4 Å². The van der Waals surface area contributed by atoms with Crippen LogP contribution in [-0.2, 0) is 4.79 Å². The van der Waals surface area contributed by atoms with Crippen LogP contribution in [0.2, 0.25) is 0 Å². The minimum absolute atomic E-state index is 0.00997. The third-order valence-corrected chi connectivity index (χ3v) is 5.15. The summed E-state index contributed by atoms with van der Waals surface area (Å²) in [6.45, 7) is 3.86. The molecule has 0 bridgehead atoms. The van der Waals surface area contributed by atoms with Gasteiger partial charge in [-0.2, -0.15) is 0 Å². The summed E-state index contributed by atoms with van der Waals surface area (Å²) in [5.41, 5.74) is -0.480. The zero-order valence-electron chi connectivity index (χ0n) is 14.6. The Bertz CT molecular complexity index is 1010. The third-order valence-electron chi connectivity index (χ3n) is 5.15. The number of carboxylic acid groups (broad SMARTS) is 1. The highest BCUT2D eigenvalue weighted by Gasteiger charge is 2.31. The number of hydrogen-bond donors (Lipinski definition) is 1. The molecule has 0 saturated carbocycles. The Morgan fingerprint density at radius 2 is 2.04 bits per heavy atom. The summed E-state index contributed by atoms with van der Waals surface area (Å²) < 4.78 is 22.5. The van der Waals surface area contributed by atoms with Gasteiger partial charge in [0.2, 0.25) is 11.8 Å². The molecule has 27 heavy (non-hydrogen) atoms. The number of rotatable bonds is 3. The number of aromatic carboxylic acids is 1. The second kappa shape index (κ2) is 6.26. The van der Waals surface area contributed by atoms with E-state index < -0.39 is 22.8 Å². The van der Waals surface area contributed by atoms with Crippen LogP contribution in [0.3, 0.4) is 0 Å². The number of nitrogens with zero attached hydrogens (tertiary/aromatic N) is 3. The number of carbonyl (C=O) groups is 2. The molecule has 1 amide bonds. The molecule has 8 nitrogen and oxygen atoms in total. The normalized spacial score (nSPS) is 19.1. The first-order valence-corrected chi connectivity index (χ1v) is 8.64. The Hall–Kier alpha value is -3.10. The molecule has 0 aliphatic carbocycles. The van der Waals surface area contributed by atoms with Crippen LogP contribution in [-0.4, -0.2) is 59.7 Å². The average molecular weight is 375 g/mol. The van der Waals surface area contributed by atoms with Gasteiger partial charge < -0.3 is 24.2 Å². The molecule has 0 spiro atoms. The predicted molar refractivity (Wildman–Crippen MR) is 95.2 cm³/mol. The van der Waals surface area contributed by atoms with E-state index in [9.17, 15) is 23.9 Å². The first-order valence-electron chi connectivity index (χ1n) is 8.64. The highest BCUT2D eigenvalue weighted by atomic mass is 19.1. The van der Waals surface area contributed by atoms with Crippen molar-refractivity contribution in [2.45, 2.75) is 13.0 Å². The van der Waals surface area contributed by atoms with Crippen LogP contribution < -0.4 is 15.1 Å². The van der Waals surface area contributed by atoms with E-state index in [4.69, 9.17) is 4.74 Å². The summed E-state index contributed by atoms with van der Waals surface area (Å²) in [5, 5.41) is 9.30. The van der Waals surface area contributed by atoms with E-state index in [2.05, 4.69) is 0 Å². The van der Waals surface area contributed by atoms with Crippen molar-refractivity contribution in [2.24, 2.45) is 0 Å². The lowest BCUT2D eigenvalue weighted by molar-refractivity contribution is -0.118. The molecule has 1 saturated heterocycles. The summed E-state index contributed by atoms with van der Waals surface area (Å²) in [7, 11) is 0. The van der Waals surface area contributed by atoms with Gasteiger partial charge in [-0.05, 0) is 13.0 Å². The van der Waals surface area contributed by atoms with Crippen LogP contribution in [0.1, 0.15) is 23.3 Å². The molecule has 1 aromatic carbocycles. The fraction of sp³-hybridized carbons (Fsp3) is 0.389. The molecule has 1 unspecified atom stereocenters. The number of benzene rings is 1. The number of ether oxygens (including phenoxy) is 1. The molecular formula is C18H18FN3O5. The van der Waals surface area contributed by atoms with E-state index in [0.717, 1.165) is 12.5 Å². The molecule has 1 aromatic heterocycles. The second-order valence-corrected chi connectivity index (χ2v) is 6.81. The molecule has 2 aliphatic rings. The van der Waals surface area contributed by atoms with Crippen molar-refractivity contribution in [3.63, 3.8) is 0 Å². The maximum absolute atomic E-state index is 15.0. The number of carbonyl (C=O) groups excluding carboxylic acids is 1. The zero-order chi connectivity index (χ0) is 19.3. The van der Waals surface area contributed by atoms with Crippen LogP contribution >= 0.6 is 0 Å². The van der Waals surface area contributed by atoms with Gasteiger partial charge in [0.05, 0.1) is 16.9 Å². The minimum atomic E-state index is -1.35. The fourth-order valence-electron chi connectivity index (χ4n) is 3.71. The van der Waals surface area contributed by atoms with E-state index in [1.54, 1.807) is 14.4 Å². The number of carboxylic acids is 1. The summed E-state index contributed by atoms with van der Waals surface area (Å²) in [6.07, 6.45) is 2.07. The van der Waals surface area contributed by atoms with E-state index in [0.29, 0.717) is 31.7 Å². The van der Waals surface area contributed by atoms with Gasteiger partial charge in [-0.1, -0.05) is 0 Å². The molecule has 142 valence electrons. The Balaban J connectivity index is 1.95. The van der Waals surface area contributed by atoms with Crippen LogP contribution in [0.25, 0.3) is 10.9 Å². The molecule has 4 rings (SSSR count). The maximum atomic E-state index is 15.0. The van der Waals surface area contributed by atoms with Crippen molar-refractivity contribution in [1.29, 1.82) is 0 Å². The highest BCUT2D eigenvalue weighted by Crippen LogP contribution is 2.42. The molecule has 1 fully saturated rings. The van der Waals surface area contributed by atoms with Gasteiger partial charge in [0.25, 0.3) is 0 Å². The van der Waals surface area contributed by atoms with Crippen LogP contribution in [0.4, 0.5) is 10.1 Å². The number of hydrogen-bond acceptors (Lipinski definition) is 5. The summed E-state index contributed by atoms with van der Waals surface area (Å²) in [6, 6.07) is 0.886. The van der Waals surface area contributed by atoms with Crippen molar-refractivity contribution in [3.8, 4) is 5.75 Å². The number of pyridine rings is 1. The Morgan fingerprint density at radius 3 is 2.67 bits per heavy atom. The molecule has 2 aromatic rings. The van der Waals surface area contributed by atoms with Gasteiger partial charge in [0.15, 0.2) is 11.6 Å². The quantitative estimate of drug-likeness (QED) is 0.807.